The Kier molecular flexibility index (Phi) is 5.09. The number of nitrogens with zero attached hydrogens (tertiary/aromatic N) is 5. The van der Waals surface area contributed by atoms with Crippen molar-refractivity contribution in [1.29, 1.82) is 0 Å². The summed E-state index contributed by atoms with van der Waals surface area (Å²) < 4.78 is 16.8. The molecule has 1 unspecified atom stereocenters. The third kappa shape index (κ3) is 3.88. The van der Waals surface area contributed by atoms with Crippen molar-refractivity contribution < 1.29 is 4.39 Å². The summed E-state index contributed by atoms with van der Waals surface area (Å²) in [7, 11) is 0. The van der Waals surface area contributed by atoms with Gasteiger partial charge in [-0.3, -0.25) is 4.99 Å². The van der Waals surface area contributed by atoms with Crippen LogP contribution in [-0.2, 0) is 0 Å². The zero-order valence-corrected chi connectivity index (χ0v) is 18.3. The third-order valence-electron chi connectivity index (χ3n) is 6.95. The van der Waals surface area contributed by atoms with Crippen molar-refractivity contribution >= 4 is 11.5 Å². The minimum atomic E-state index is -0.275. The van der Waals surface area contributed by atoms with Gasteiger partial charge in [0.05, 0.1) is 11.6 Å². The Morgan fingerprint density at radius 3 is 2.52 bits per heavy atom. The van der Waals surface area contributed by atoms with Gasteiger partial charge in [-0.2, -0.15) is 0 Å². The van der Waals surface area contributed by atoms with Crippen LogP contribution in [0.25, 0.3) is 16.8 Å². The summed E-state index contributed by atoms with van der Waals surface area (Å²) in [6.07, 6.45) is 12.7. The van der Waals surface area contributed by atoms with Gasteiger partial charge in [-0.1, -0.05) is 49.6 Å². The monoisotopic (exact) mass is 440 g/mol. The average Bonchev–Trinajstić information content (AvgIpc) is 3.54. The average molecular weight is 441 g/mol. The lowest BCUT2D eigenvalue weighted by Crippen LogP contribution is -2.22. The van der Waals surface area contributed by atoms with Gasteiger partial charge >= 0.3 is 0 Å². The molecule has 166 valence electrons. The number of halogens is 1. The molecule has 33 heavy (non-hydrogen) atoms. The van der Waals surface area contributed by atoms with Gasteiger partial charge in [-0.25, -0.2) is 9.07 Å². The summed E-state index contributed by atoms with van der Waals surface area (Å²) >= 11 is 0. The van der Waals surface area contributed by atoms with Gasteiger partial charge in [0.1, 0.15) is 18.0 Å². The molecule has 2 heterocycles. The highest BCUT2D eigenvalue weighted by Gasteiger charge is 2.28. The van der Waals surface area contributed by atoms with Gasteiger partial charge in [0.25, 0.3) is 0 Å². The number of nitrogens with one attached hydrogen (secondary N) is 1. The van der Waals surface area contributed by atoms with E-state index in [1.165, 1.54) is 37.7 Å². The molecule has 3 aromatic rings. The van der Waals surface area contributed by atoms with Gasteiger partial charge in [0, 0.05) is 17.8 Å². The number of aliphatic imine (C=N–C) groups is 1. The first kappa shape index (κ1) is 20.0. The normalized spacial score (nSPS) is 20.5. The summed E-state index contributed by atoms with van der Waals surface area (Å²) in [5.74, 6) is 0.962. The number of rotatable bonds is 4. The number of amidine groups is 1. The highest BCUT2D eigenvalue weighted by Crippen LogP contribution is 2.34. The molecule has 3 aliphatic rings. The maximum absolute atomic E-state index is 15.2. The van der Waals surface area contributed by atoms with E-state index in [9.17, 15) is 0 Å². The third-order valence-corrected chi connectivity index (χ3v) is 6.95. The molecule has 0 bridgehead atoms. The topological polar surface area (TPSA) is 68.0 Å². The van der Waals surface area contributed by atoms with Crippen LogP contribution in [0.2, 0.25) is 0 Å². The van der Waals surface area contributed by atoms with E-state index in [2.05, 4.69) is 45.1 Å². The first-order valence-electron chi connectivity index (χ1n) is 11.6. The van der Waals surface area contributed by atoms with Crippen molar-refractivity contribution in [2.24, 2.45) is 4.99 Å². The smallest absolute Gasteiger partial charge is 0.143 e. The van der Waals surface area contributed by atoms with Crippen molar-refractivity contribution in [3.05, 3.63) is 83.6 Å². The largest absolute Gasteiger partial charge is 0.342 e. The molecular formula is C26H25FN6. The van der Waals surface area contributed by atoms with Crippen molar-refractivity contribution in [2.75, 3.05) is 0 Å². The van der Waals surface area contributed by atoms with E-state index in [0.717, 1.165) is 22.5 Å². The van der Waals surface area contributed by atoms with E-state index in [4.69, 9.17) is 4.99 Å². The van der Waals surface area contributed by atoms with E-state index in [1.54, 1.807) is 17.1 Å². The van der Waals surface area contributed by atoms with Crippen molar-refractivity contribution in [3.8, 4) is 11.1 Å². The Bertz CT molecular complexity index is 1250. The van der Waals surface area contributed by atoms with Crippen LogP contribution >= 0.6 is 0 Å². The van der Waals surface area contributed by atoms with Crippen LogP contribution < -0.4 is 5.32 Å². The van der Waals surface area contributed by atoms with Gasteiger partial charge in [0.2, 0.25) is 0 Å². The minimum absolute atomic E-state index is 0.0874. The van der Waals surface area contributed by atoms with Crippen LogP contribution in [-0.4, -0.2) is 32.1 Å². The second kappa shape index (κ2) is 8.39. The van der Waals surface area contributed by atoms with Gasteiger partial charge in [0.15, 0.2) is 0 Å². The predicted molar refractivity (Wildman–Crippen MR) is 126 cm³/mol. The van der Waals surface area contributed by atoms with E-state index in [-0.39, 0.29) is 11.9 Å². The van der Waals surface area contributed by atoms with Gasteiger partial charge in [-0.05, 0) is 70.2 Å². The lowest BCUT2D eigenvalue weighted by atomic mass is 9.83. The molecule has 6 nitrogen and oxygen atoms in total. The Hall–Kier alpha value is -3.61. The minimum Gasteiger partial charge on any atom is -0.342 e. The molecule has 0 saturated heterocycles. The molecular weight excluding hydrogens is 415 g/mol. The maximum atomic E-state index is 15.2. The van der Waals surface area contributed by atoms with Gasteiger partial charge < -0.3 is 5.32 Å². The molecule has 7 heteroatoms. The number of tetrazole rings is 1. The number of hydrogen-bond donors (Lipinski definition) is 1. The van der Waals surface area contributed by atoms with Crippen LogP contribution in [0.1, 0.15) is 55.6 Å². The Labute approximate surface area is 191 Å². The van der Waals surface area contributed by atoms with Crippen LogP contribution in [0, 0.1) is 5.82 Å². The standard InChI is InChI=1S/C26H25FN6/c27-23-14-20(19-8-6-18(7-9-19)17-4-2-1-3-5-17)10-12-22(23)26-29-24-13-11-21(15-25(24)30-26)33-16-28-31-32-33/h6-14,16-17,25H,1-5,15H2,(H,29,30). The quantitative estimate of drug-likeness (QED) is 0.615. The highest BCUT2D eigenvalue weighted by molar-refractivity contribution is 6.02. The van der Waals surface area contributed by atoms with Crippen LogP contribution in [0.15, 0.2) is 71.6 Å². The van der Waals surface area contributed by atoms with Crippen LogP contribution in [0.4, 0.5) is 4.39 Å². The molecule has 1 saturated carbocycles. The first-order chi connectivity index (χ1) is 16.2. The molecule has 0 spiro atoms. The molecule has 1 aromatic heterocycles. The first-order valence-corrected chi connectivity index (χ1v) is 11.6. The second-order valence-corrected chi connectivity index (χ2v) is 9.01. The summed E-state index contributed by atoms with van der Waals surface area (Å²) in [5.41, 5.74) is 5.72. The van der Waals surface area contributed by atoms with Crippen molar-refractivity contribution in [3.63, 3.8) is 0 Å². The molecule has 1 atom stereocenters. The van der Waals surface area contributed by atoms with Crippen LogP contribution in [0.3, 0.4) is 0 Å². The molecule has 6 rings (SSSR count). The van der Waals surface area contributed by atoms with Crippen molar-refractivity contribution in [2.45, 2.75) is 50.5 Å². The van der Waals surface area contributed by atoms with E-state index in [0.29, 0.717) is 23.7 Å². The molecule has 2 aromatic carbocycles. The second-order valence-electron chi connectivity index (χ2n) is 9.01. The molecule has 2 aliphatic carbocycles. The molecule has 0 amide bonds. The van der Waals surface area contributed by atoms with E-state index < -0.39 is 0 Å². The number of hydrogen-bond acceptors (Lipinski definition) is 5. The summed E-state index contributed by atoms with van der Waals surface area (Å²) in [6, 6.07) is 14.0. The fourth-order valence-electron chi connectivity index (χ4n) is 5.11. The van der Waals surface area contributed by atoms with Crippen LogP contribution in [0.5, 0.6) is 0 Å². The van der Waals surface area contributed by atoms with Crippen molar-refractivity contribution in [1.82, 2.24) is 25.5 Å². The zero-order valence-electron chi connectivity index (χ0n) is 18.3. The SMILES string of the molecule is Fc1cc(-c2ccc(C3CCCCC3)cc2)ccc1C1=NC2CC(n3cnnn3)=CC=C2N1. The molecule has 1 fully saturated rings. The number of aromatic nitrogens is 4. The Balaban J connectivity index is 1.20. The van der Waals surface area contributed by atoms with E-state index >= 15 is 4.39 Å². The maximum Gasteiger partial charge on any atom is 0.143 e. The molecule has 0 radical (unpaired) electrons. The Morgan fingerprint density at radius 1 is 0.939 bits per heavy atom. The fraction of sp³-hybridized carbons (Fsp3) is 0.308. The highest BCUT2D eigenvalue weighted by atomic mass is 19.1. The lowest BCUT2D eigenvalue weighted by Gasteiger charge is -2.22. The number of benzene rings is 2. The zero-order chi connectivity index (χ0) is 22.2. The molecule has 1 N–H and O–H groups in total. The predicted octanol–water partition coefficient (Wildman–Crippen LogP) is 5.07. The summed E-state index contributed by atoms with van der Waals surface area (Å²) in [5, 5.41) is 14.6. The van der Waals surface area contributed by atoms with E-state index in [1.807, 2.05) is 24.3 Å². The number of fused-ring (bicyclic) bond motifs is 1. The number of allylic oxidation sites excluding steroid dienone is 2. The lowest BCUT2D eigenvalue weighted by molar-refractivity contribution is 0.443. The summed E-state index contributed by atoms with van der Waals surface area (Å²) in [4.78, 5) is 4.74. The molecule has 1 aliphatic heterocycles. The van der Waals surface area contributed by atoms with Gasteiger partial charge in [-0.15, -0.1) is 5.10 Å². The Morgan fingerprint density at radius 2 is 1.76 bits per heavy atom. The fourth-order valence-corrected chi connectivity index (χ4v) is 5.11. The summed E-state index contributed by atoms with van der Waals surface area (Å²) in [6.45, 7) is 0.